The zero-order valence-electron chi connectivity index (χ0n) is 9.58. The van der Waals surface area contributed by atoms with Crippen LogP contribution in [0.2, 0.25) is 0 Å². The Kier molecular flexibility index (Phi) is 3.62. The maximum Gasteiger partial charge on any atom is 0.101 e. The normalized spacial score (nSPS) is 16.7. The largest absolute Gasteiger partial charge is 0.372 e. The number of quaternary nitrogens is 1. The third kappa shape index (κ3) is 2.72. The van der Waals surface area contributed by atoms with Gasteiger partial charge in [0.25, 0.3) is 0 Å². The molecule has 0 spiro atoms. The van der Waals surface area contributed by atoms with Gasteiger partial charge in [-0.1, -0.05) is 12.1 Å². The number of hydrogen-bond acceptors (Lipinski definition) is 1. The highest BCUT2D eigenvalue weighted by atomic mass is 15.1. The van der Waals surface area contributed by atoms with E-state index in [0.717, 1.165) is 6.54 Å². The molecule has 2 rings (SSSR count). The minimum absolute atomic E-state index is 1.08. The molecule has 82 valence electrons. The van der Waals surface area contributed by atoms with E-state index >= 15 is 0 Å². The van der Waals surface area contributed by atoms with Crippen LogP contribution in [0.3, 0.4) is 0 Å². The van der Waals surface area contributed by atoms with Gasteiger partial charge in [-0.05, 0) is 31.4 Å². The van der Waals surface area contributed by atoms with E-state index in [0.29, 0.717) is 0 Å². The van der Waals surface area contributed by atoms with E-state index < -0.39 is 0 Å². The summed E-state index contributed by atoms with van der Waals surface area (Å²) in [7, 11) is 2.12. The Labute approximate surface area is 92.3 Å². The van der Waals surface area contributed by atoms with Crippen LogP contribution >= 0.6 is 0 Å². The molecule has 0 atom stereocenters. The first-order chi connectivity index (χ1) is 7.40. The van der Waals surface area contributed by atoms with Gasteiger partial charge in [0.2, 0.25) is 0 Å². The summed E-state index contributed by atoms with van der Waals surface area (Å²) in [6.07, 6.45) is 4.10. The molecule has 0 amide bonds. The van der Waals surface area contributed by atoms with Crippen LogP contribution in [-0.4, -0.2) is 20.1 Å². The van der Waals surface area contributed by atoms with Crippen molar-refractivity contribution in [3.8, 4) is 0 Å². The van der Waals surface area contributed by atoms with E-state index in [9.17, 15) is 0 Å². The highest BCUT2D eigenvalue weighted by molar-refractivity contribution is 5.48. The number of nitrogens with zero attached hydrogens (tertiary/aromatic N) is 1. The van der Waals surface area contributed by atoms with Crippen LogP contribution in [0, 0.1) is 0 Å². The molecule has 15 heavy (non-hydrogen) atoms. The maximum atomic E-state index is 2.52. The number of nitrogens with two attached hydrogens (primary N) is 1. The molecule has 2 heteroatoms. The molecule has 2 nitrogen and oxygen atoms in total. The van der Waals surface area contributed by atoms with Gasteiger partial charge in [-0.2, -0.15) is 0 Å². The molecular weight excluding hydrogens is 184 g/mol. The van der Waals surface area contributed by atoms with Crippen LogP contribution in [0.4, 0.5) is 5.69 Å². The zero-order valence-corrected chi connectivity index (χ0v) is 9.58. The Hall–Kier alpha value is -1.02. The third-order valence-electron chi connectivity index (χ3n) is 3.07. The first kappa shape index (κ1) is 10.5. The standard InChI is InChI=1S/C13H20N2/c1-14-11-12-6-5-7-13(10-12)15-8-3-2-4-9-15/h5-7,10,14H,2-4,8-9,11H2,1H3/p+1. The predicted molar refractivity (Wildman–Crippen MR) is 64.1 cm³/mol. The molecule has 0 bridgehead atoms. The van der Waals surface area contributed by atoms with E-state index in [4.69, 9.17) is 0 Å². The lowest BCUT2D eigenvalue weighted by molar-refractivity contribution is -0.643. The number of piperidine rings is 1. The predicted octanol–water partition coefficient (Wildman–Crippen LogP) is 1.37. The molecule has 0 aromatic heterocycles. The second-order valence-corrected chi connectivity index (χ2v) is 4.33. The monoisotopic (exact) mass is 205 g/mol. The first-order valence-corrected chi connectivity index (χ1v) is 6.02. The number of hydrogen-bond donors (Lipinski definition) is 1. The average Bonchev–Trinajstić information content (AvgIpc) is 2.31. The van der Waals surface area contributed by atoms with Crippen LogP contribution in [0.5, 0.6) is 0 Å². The van der Waals surface area contributed by atoms with Crippen molar-refractivity contribution in [2.24, 2.45) is 0 Å². The van der Waals surface area contributed by atoms with Crippen molar-refractivity contribution in [1.82, 2.24) is 0 Å². The van der Waals surface area contributed by atoms with Gasteiger partial charge in [0.05, 0.1) is 7.05 Å². The third-order valence-corrected chi connectivity index (χ3v) is 3.07. The summed E-state index contributed by atoms with van der Waals surface area (Å²) in [6, 6.07) is 8.98. The highest BCUT2D eigenvalue weighted by Gasteiger charge is 2.10. The summed E-state index contributed by atoms with van der Waals surface area (Å²) in [5.41, 5.74) is 2.84. The molecule has 1 aliphatic heterocycles. The van der Waals surface area contributed by atoms with Gasteiger partial charge < -0.3 is 10.2 Å². The molecular formula is C13H21N2+. The van der Waals surface area contributed by atoms with Gasteiger partial charge in [-0.25, -0.2) is 0 Å². The van der Waals surface area contributed by atoms with Crippen LogP contribution in [0.25, 0.3) is 0 Å². The van der Waals surface area contributed by atoms with Crippen molar-refractivity contribution in [1.29, 1.82) is 0 Å². The van der Waals surface area contributed by atoms with Crippen molar-refractivity contribution < 1.29 is 5.32 Å². The summed E-state index contributed by atoms with van der Waals surface area (Å²) in [5, 5.41) is 2.22. The molecule has 0 saturated carbocycles. The fourth-order valence-corrected chi connectivity index (χ4v) is 2.27. The molecule has 1 saturated heterocycles. The minimum atomic E-state index is 1.08. The van der Waals surface area contributed by atoms with Gasteiger partial charge in [0.1, 0.15) is 6.54 Å². The summed E-state index contributed by atoms with van der Waals surface area (Å²) in [6.45, 7) is 3.56. The SMILES string of the molecule is C[NH2+]Cc1cccc(N2CCCCC2)c1. The Morgan fingerprint density at radius 2 is 2.00 bits per heavy atom. The van der Waals surface area contributed by atoms with Gasteiger partial charge in [-0.15, -0.1) is 0 Å². The summed E-state index contributed by atoms with van der Waals surface area (Å²) >= 11 is 0. The zero-order chi connectivity index (χ0) is 10.5. The van der Waals surface area contributed by atoms with Crippen molar-refractivity contribution in [3.63, 3.8) is 0 Å². The van der Waals surface area contributed by atoms with Gasteiger partial charge in [0, 0.05) is 24.3 Å². The van der Waals surface area contributed by atoms with Crippen molar-refractivity contribution in [3.05, 3.63) is 29.8 Å². The van der Waals surface area contributed by atoms with Gasteiger partial charge >= 0.3 is 0 Å². The second kappa shape index (κ2) is 5.17. The molecule has 0 unspecified atom stereocenters. The van der Waals surface area contributed by atoms with Gasteiger partial charge in [0.15, 0.2) is 0 Å². The molecule has 0 radical (unpaired) electrons. The fourth-order valence-electron chi connectivity index (χ4n) is 2.27. The molecule has 1 aromatic carbocycles. The van der Waals surface area contributed by atoms with Crippen molar-refractivity contribution >= 4 is 5.69 Å². The maximum absolute atomic E-state index is 2.52. The Morgan fingerprint density at radius 3 is 2.73 bits per heavy atom. The lowest BCUT2D eigenvalue weighted by Crippen LogP contribution is -2.77. The number of benzene rings is 1. The second-order valence-electron chi connectivity index (χ2n) is 4.33. The van der Waals surface area contributed by atoms with Gasteiger partial charge in [-0.3, -0.25) is 0 Å². The topological polar surface area (TPSA) is 19.9 Å². The summed E-state index contributed by atoms with van der Waals surface area (Å²) in [5.74, 6) is 0. The summed E-state index contributed by atoms with van der Waals surface area (Å²) < 4.78 is 0. The summed E-state index contributed by atoms with van der Waals surface area (Å²) in [4.78, 5) is 2.52. The Balaban J connectivity index is 2.09. The van der Waals surface area contributed by atoms with Crippen LogP contribution in [0.1, 0.15) is 24.8 Å². The lowest BCUT2D eigenvalue weighted by Gasteiger charge is -2.29. The van der Waals surface area contributed by atoms with Crippen LogP contribution in [-0.2, 0) is 6.54 Å². The quantitative estimate of drug-likeness (QED) is 0.790. The fraction of sp³-hybridized carbons (Fsp3) is 0.538. The number of rotatable bonds is 3. The molecule has 1 aromatic rings. The Morgan fingerprint density at radius 1 is 1.20 bits per heavy atom. The van der Waals surface area contributed by atoms with E-state index in [1.54, 1.807) is 0 Å². The van der Waals surface area contributed by atoms with Crippen molar-refractivity contribution in [2.45, 2.75) is 25.8 Å². The molecule has 1 heterocycles. The molecule has 0 aliphatic carbocycles. The molecule has 2 N–H and O–H groups in total. The molecule has 1 aliphatic rings. The van der Waals surface area contributed by atoms with E-state index in [1.165, 1.54) is 43.6 Å². The highest BCUT2D eigenvalue weighted by Crippen LogP contribution is 2.20. The lowest BCUT2D eigenvalue weighted by atomic mass is 10.1. The van der Waals surface area contributed by atoms with Crippen LogP contribution < -0.4 is 10.2 Å². The average molecular weight is 205 g/mol. The minimum Gasteiger partial charge on any atom is -0.372 e. The first-order valence-electron chi connectivity index (χ1n) is 6.02. The van der Waals surface area contributed by atoms with Crippen molar-refractivity contribution in [2.75, 3.05) is 25.0 Å². The number of anilines is 1. The van der Waals surface area contributed by atoms with E-state index in [1.807, 2.05) is 0 Å². The smallest absolute Gasteiger partial charge is 0.101 e. The van der Waals surface area contributed by atoms with Crippen LogP contribution in [0.15, 0.2) is 24.3 Å². The Bertz CT molecular complexity index is 303. The molecule has 1 fully saturated rings. The van der Waals surface area contributed by atoms with E-state index in [-0.39, 0.29) is 0 Å². The van der Waals surface area contributed by atoms with E-state index in [2.05, 4.69) is 41.5 Å².